The van der Waals surface area contributed by atoms with Crippen LogP contribution in [-0.2, 0) is 4.79 Å². The fraction of sp³-hybridized carbons (Fsp3) is 0.462. The molecule has 102 valence electrons. The van der Waals surface area contributed by atoms with Crippen LogP contribution in [-0.4, -0.2) is 19.6 Å². The van der Waals surface area contributed by atoms with Gasteiger partial charge in [0.25, 0.3) is 0 Å². The molecule has 1 amide bonds. The predicted molar refractivity (Wildman–Crippen MR) is 75.0 cm³/mol. The number of hydrogen-bond donors (Lipinski definition) is 2. The van der Waals surface area contributed by atoms with Crippen LogP contribution in [0.25, 0.3) is 0 Å². The van der Waals surface area contributed by atoms with Gasteiger partial charge < -0.3 is 15.8 Å². The topological polar surface area (TPSA) is 64.3 Å². The Morgan fingerprint density at radius 2 is 2.00 bits per heavy atom. The lowest BCUT2D eigenvalue weighted by atomic mass is 10.1. The molecule has 0 saturated carbocycles. The zero-order valence-corrected chi connectivity index (χ0v) is 11.8. The number of nitrogens with two attached hydrogens (primary N) is 1. The first-order valence-electron chi connectivity index (χ1n) is 5.73. The van der Waals surface area contributed by atoms with Gasteiger partial charge in [-0.15, -0.1) is 12.4 Å². The average Bonchev–Trinajstić information content (AvgIpc) is 2.37. The van der Waals surface area contributed by atoms with E-state index < -0.39 is 0 Å². The van der Waals surface area contributed by atoms with Crippen molar-refractivity contribution in [3.05, 3.63) is 29.8 Å². The predicted octanol–water partition coefficient (Wildman–Crippen LogP) is 1.89. The van der Waals surface area contributed by atoms with E-state index in [2.05, 4.69) is 5.32 Å². The van der Waals surface area contributed by atoms with Gasteiger partial charge in [0, 0.05) is 18.0 Å². The van der Waals surface area contributed by atoms with E-state index in [1.807, 2.05) is 38.1 Å². The number of methoxy groups -OCH3 is 1. The van der Waals surface area contributed by atoms with Crippen molar-refractivity contribution in [1.82, 2.24) is 5.32 Å². The minimum absolute atomic E-state index is 0. The highest BCUT2D eigenvalue weighted by molar-refractivity contribution is 5.85. The molecule has 3 N–H and O–H groups in total. The molecule has 0 aliphatic rings. The minimum atomic E-state index is -0.174. The van der Waals surface area contributed by atoms with Crippen molar-refractivity contribution in [2.24, 2.45) is 11.7 Å². The molecule has 0 aromatic heterocycles. The minimum Gasteiger partial charge on any atom is -0.496 e. The number of ether oxygens (including phenoxy) is 1. The smallest absolute Gasteiger partial charge is 0.224 e. The molecule has 0 radical (unpaired) electrons. The zero-order valence-electron chi connectivity index (χ0n) is 11.0. The van der Waals surface area contributed by atoms with Crippen molar-refractivity contribution >= 4 is 18.3 Å². The van der Waals surface area contributed by atoms with E-state index in [0.717, 1.165) is 11.3 Å². The monoisotopic (exact) mass is 272 g/mol. The van der Waals surface area contributed by atoms with Crippen LogP contribution in [0.2, 0.25) is 0 Å². The summed E-state index contributed by atoms with van der Waals surface area (Å²) in [5, 5.41) is 2.92. The summed E-state index contributed by atoms with van der Waals surface area (Å²) in [6.07, 6.45) is 0. The summed E-state index contributed by atoms with van der Waals surface area (Å²) in [5.74, 6) is 0.568. The second kappa shape index (κ2) is 7.95. The van der Waals surface area contributed by atoms with Crippen LogP contribution < -0.4 is 15.8 Å². The van der Waals surface area contributed by atoms with Crippen LogP contribution in [0, 0.1) is 5.92 Å². The Bertz CT molecular complexity index is 385. The highest BCUT2D eigenvalue weighted by Gasteiger charge is 2.16. The Morgan fingerprint density at radius 3 is 2.56 bits per heavy atom. The van der Waals surface area contributed by atoms with Crippen molar-refractivity contribution in [2.45, 2.75) is 19.9 Å². The quantitative estimate of drug-likeness (QED) is 0.860. The van der Waals surface area contributed by atoms with Crippen LogP contribution >= 0.6 is 12.4 Å². The lowest BCUT2D eigenvalue weighted by molar-refractivity contribution is -0.124. The first-order valence-corrected chi connectivity index (χ1v) is 5.73. The highest BCUT2D eigenvalue weighted by atomic mass is 35.5. The van der Waals surface area contributed by atoms with Crippen molar-refractivity contribution in [2.75, 3.05) is 13.7 Å². The number of para-hydroxylation sites is 1. The van der Waals surface area contributed by atoms with E-state index in [1.165, 1.54) is 0 Å². The molecule has 18 heavy (non-hydrogen) atoms. The van der Waals surface area contributed by atoms with Gasteiger partial charge in [-0.1, -0.05) is 25.1 Å². The van der Waals surface area contributed by atoms with Gasteiger partial charge in [0.05, 0.1) is 13.2 Å². The van der Waals surface area contributed by atoms with Gasteiger partial charge in [0.15, 0.2) is 0 Å². The third-order valence-corrected chi connectivity index (χ3v) is 2.77. The van der Waals surface area contributed by atoms with Crippen molar-refractivity contribution in [3.8, 4) is 5.75 Å². The maximum Gasteiger partial charge on any atom is 0.224 e. The van der Waals surface area contributed by atoms with Crippen molar-refractivity contribution in [3.63, 3.8) is 0 Å². The van der Waals surface area contributed by atoms with E-state index >= 15 is 0 Å². The van der Waals surface area contributed by atoms with E-state index in [1.54, 1.807) is 7.11 Å². The maximum absolute atomic E-state index is 11.7. The van der Waals surface area contributed by atoms with Gasteiger partial charge in [0.1, 0.15) is 5.75 Å². The standard InChI is InChI=1S/C13H20N2O2.ClH/c1-9(8-14)13(16)15-10(2)11-6-4-5-7-12(11)17-3;/h4-7,9-10H,8,14H2,1-3H3,(H,15,16);1H. The molecule has 0 bridgehead atoms. The van der Waals surface area contributed by atoms with Crippen LogP contribution in [0.1, 0.15) is 25.5 Å². The SMILES string of the molecule is COc1ccccc1C(C)NC(=O)C(C)CN.Cl. The van der Waals surface area contributed by atoms with E-state index in [4.69, 9.17) is 10.5 Å². The third kappa shape index (κ3) is 4.20. The molecule has 0 spiro atoms. The number of hydrogen-bond acceptors (Lipinski definition) is 3. The second-order valence-electron chi connectivity index (χ2n) is 4.11. The summed E-state index contributed by atoms with van der Waals surface area (Å²) in [6, 6.07) is 7.56. The van der Waals surface area contributed by atoms with Gasteiger partial charge in [-0.2, -0.15) is 0 Å². The lowest BCUT2D eigenvalue weighted by Crippen LogP contribution is -2.35. The number of benzene rings is 1. The van der Waals surface area contributed by atoms with Crippen LogP contribution in [0.3, 0.4) is 0 Å². The number of nitrogens with one attached hydrogen (secondary N) is 1. The first kappa shape index (κ1) is 16.7. The molecule has 0 saturated heterocycles. The molecule has 2 unspecified atom stereocenters. The van der Waals surface area contributed by atoms with E-state index in [-0.39, 0.29) is 30.3 Å². The van der Waals surface area contributed by atoms with Gasteiger partial charge in [-0.05, 0) is 13.0 Å². The molecule has 2 atom stereocenters. The Hall–Kier alpha value is -1.26. The summed E-state index contributed by atoms with van der Waals surface area (Å²) in [6.45, 7) is 4.09. The van der Waals surface area contributed by atoms with E-state index in [0.29, 0.717) is 6.54 Å². The Balaban J connectivity index is 0.00000289. The molecule has 1 aromatic rings. The summed E-state index contributed by atoms with van der Waals surface area (Å²) in [4.78, 5) is 11.7. The average molecular weight is 273 g/mol. The zero-order chi connectivity index (χ0) is 12.8. The fourth-order valence-electron chi connectivity index (χ4n) is 1.56. The van der Waals surface area contributed by atoms with Crippen LogP contribution in [0.4, 0.5) is 0 Å². The first-order chi connectivity index (χ1) is 8.10. The van der Waals surface area contributed by atoms with Crippen LogP contribution in [0.5, 0.6) is 5.75 Å². The maximum atomic E-state index is 11.7. The highest BCUT2D eigenvalue weighted by Crippen LogP contribution is 2.24. The number of amides is 1. The molecular weight excluding hydrogens is 252 g/mol. The molecule has 0 aliphatic carbocycles. The van der Waals surface area contributed by atoms with Gasteiger partial charge in [0.2, 0.25) is 5.91 Å². The number of rotatable bonds is 5. The molecular formula is C13H21ClN2O2. The molecule has 4 nitrogen and oxygen atoms in total. The summed E-state index contributed by atoms with van der Waals surface area (Å²) < 4.78 is 5.26. The lowest BCUT2D eigenvalue weighted by Gasteiger charge is -2.19. The normalized spacial score (nSPS) is 13.1. The van der Waals surface area contributed by atoms with E-state index in [9.17, 15) is 4.79 Å². The molecule has 1 rings (SSSR count). The van der Waals surface area contributed by atoms with Gasteiger partial charge in [-0.25, -0.2) is 0 Å². The summed E-state index contributed by atoms with van der Waals surface area (Å²) in [7, 11) is 1.62. The summed E-state index contributed by atoms with van der Waals surface area (Å²) in [5.41, 5.74) is 6.42. The number of carbonyl (C=O) groups excluding carboxylic acids is 1. The third-order valence-electron chi connectivity index (χ3n) is 2.77. The van der Waals surface area contributed by atoms with Crippen molar-refractivity contribution in [1.29, 1.82) is 0 Å². The molecule has 0 fully saturated rings. The van der Waals surface area contributed by atoms with Crippen molar-refractivity contribution < 1.29 is 9.53 Å². The molecule has 0 aliphatic heterocycles. The van der Waals surface area contributed by atoms with Gasteiger partial charge >= 0.3 is 0 Å². The summed E-state index contributed by atoms with van der Waals surface area (Å²) >= 11 is 0. The van der Waals surface area contributed by atoms with Gasteiger partial charge in [-0.3, -0.25) is 4.79 Å². The van der Waals surface area contributed by atoms with Crippen LogP contribution in [0.15, 0.2) is 24.3 Å². The fourth-order valence-corrected chi connectivity index (χ4v) is 1.56. The number of carbonyl (C=O) groups is 1. The Morgan fingerprint density at radius 1 is 1.39 bits per heavy atom. The molecule has 1 aromatic carbocycles. The Kier molecular flexibility index (Phi) is 7.39. The second-order valence-corrected chi connectivity index (χ2v) is 4.11. The molecule has 5 heteroatoms. The number of halogens is 1. The Labute approximate surface area is 114 Å². The largest absolute Gasteiger partial charge is 0.496 e. The molecule has 0 heterocycles.